The van der Waals surface area contributed by atoms with E-state index in [0.29, 0.717) is 17.0 Å². The summed E-state index contributed by atoms with van der Waals surface area (Å²) in [5.41, 5.74) is 0.816. The van der Waals surface area contributed by atoms with E-state index >= 15 is 0 Å². The van der Waals surface area contributed by atoms with Crippen LogP contribution in [0.5, 0.6) is 0 Å². The van der Waals surface area contributed by atoms with Gasteiger partial charge in [0.1, 0.15) is 5.50 Å². The van der Waals surface area contributed by atoms with Gasteiger partial charge in [0.2, 0.25) is 0 Å². The van der Waals surface area contributed by atoms with Crippen LogP contribution in [-0.2, 0) is 9.53 Å². The number of halogens is 2. The van der Waals surface area contributed by atoms with Gasteiger partial charge >= 0.3 is 5.97 Å². The summed E-state index contributed by atoms with van der Waals surface area (Å²) in [5, 5.41) is 3.30. The first-order chi connectivity index (χ1) is 12.0. The standard InChI is InChI=1S/C19H19Cl2NO3/c1-25-18(23)12-15(13-5-3-2-4-6-13)11-17(21)22-19(24)14-7-9-16(20)10-8-14/h2-10,15,17H,11-12H2,1H3,(H,22,24). The van der Waals surface area contributed by atoms with Crippen LogP contribution in [0, 0.1) is 0 Å². The van der Waals surface area contributed by atoms with Gasteiger partial charge in [-0.05, 0) is 42.2 Å². The van der Waals surface area contributed by atoms with E-state index in [1.807, 2.05) is 30.3 Å². The molecule has 0 bridgehead atoms. The molecule has 1 amide bonds. The molecular formula is C19H19Cl2NO3. The highest BCUT2D eigenvalue weighted by Gasteiger charge is 2.21. The smallest absolute Gasteiger partial charge is 0.306 e. The number of carbonyl (C=O) groups excluding carboxylic acids is 2. The summed E-state index contributed by atoms with van der Waals surface area (Å²) in [4.78, 5) is 23.9. The predicted octanol–water partition coefficient (Wildman–Crippen LogP) is 4.37. The number of ether oxygens (including phenoxy) is 1. The van der Waals surface area contributed by atoms with Gasteiger partial charge in [-0.1, -0.05) is 53.5 Å². The maximum atomic E-state index is 12.2. The first-order valence-corrected chi connectivity index (χ1v) is 8.63. The molecule has 0 fully saturated rings. The van der Waals surface area contributed by atoms with Gasteiger partial charge in [-0.3, -0.25) is 9.59 Å². The molecule has 0 aromatic heterocycles. The molecule has 4 nitrogen and oxygen atoms in total. The largest absolute Gasteiger partial charge is 0.469 e. The minimum atomic E-state index is -0.627. The van der Waals surface area contributed by atoms with Crippen molar-refractivity contribution >= 4 is 35.1 Å². The van der Waals surface area contributed by atoms with Gasteiger partial charge in [0.05, 0.1) is 13.5 Å². The van der Waals surface area contributed by atoms with Crippen molar-refractivity contribution in [2.24, 2.45) is 0 Å². The Kier molecular flexibility index (Phi) is 7.29. The van der Waals surface area contributed by atoms with Crippen molar-refractivity contribution in [2.45, 2.75) is 24.3 Å². The molecule has 1 N–H and O–H groups in total. The van der Waals surface area contributed by atoms with E-state index < -0.39 is 5.50 Å². The van der Waals surface area contributed by atoms with E-state index in [2.05, 4.69) is 5.32 Å². The van der Waals surface area contributed by atoms with E-state index in [0.717, 1.165) is 5.56 Å². The number of hydrogen-bond donors (Lipinski definition) is 1. The van der Waals surface area contributed by atoms with E-state index in [4.69, 9.17) is 27.9 Å². The lowest BCUT2D eigenvalue weighted by Crippen LogP contribution is -2.32. The van der Waals surface area contributed by atoms with Crippen molar-refractivity contribution in [1.82, 2.24) is 5.32 Å². The molecule has 0 saturated heterocycles. The fourth-order valence-electron chi connectivity index (χ4n) is 2.48. The van der Waals surface area contributed by atoms with E-state index in [1.54, 1.807) is 24.3 Å². The number of methoxy groups -OCH3 is 1. The number of amides is 1. The number of hydrogen-bond acceptors (Lipinski definition) is 3. The second-order valence-electron chi connectivity index (χ2n) is 5.57. The van der Waals surface area contributed by atoms with Crippen LogP contribution in [-0.4, -0.2) is 24.5 Å². The molecule has 2 aromatic rings. The Balaban J connectivity index is 2.03. The molecular weight excluding hydrogens is 361 g/mol. The summed E-state index contributed by atoms with van der Waals surface area (Å²) in [7, 11) is 1.35. The number of carbonyl (C=O) groups is 2. The number of alkyl halides is 1. The molecule has 2 unspecified atom stereocenters. The number of benzene rings is 2. The number of esters is 1. The lowest BCUT2D eigenvalue weighted by atomic mass is 9.92. The molecule has 0 radical (unpaired) electrons. The summed E-state index contributed by atoms with van der Waals surface area (Å²) >= 11 is 12.1. The molecule has 6 heteroatoms. The molecule has 0 aliphatic rings. The van der Waals surface area contributed by atoms with Crippen molar-refractivity contribution in [3.63, 3.8) is 0 Å². The minimum Gasteiger partial charge on any atom is -0.469 e. The Hall–Kier alpha value is -2.04. The Morgan fingerprint density at radius 1 is 1.08 bits per heavy atom. The second kappa shape index (κ2) is 9.44. The van der Waals surface area contributed by atoms with Crippen LogP contribution >= 0.6 is 23.2 Å². The molecule has 2 atom stereocenters. The summed E-state index contributed by atoms with van der Waals surface area (Å²) in [6, 6.07) is 16.1. The predicted molar refractivity (Wildman–Crippen MR) is 99.0 cm³/mol. The minimum absolute atomic E-state index is 0.151. The molecule has 0 aliphatic carbocycles. The van der Waals surface area contributed by atoms with Gasteiger partial charge < -0.3 is 10.1 Å². The molecule has 0 heterocycles. The van der Waals surface area contributed by atoms with Crippen molar-refractivity contribution in [1.29, 1.82) is 0 Å². The quantitative estimate of drug-likeness (QED) is 0.441. The molecule has 0 saturated carbocycles. The van der Waals surface area contributed by atoms with Crippen LogP contribution in [0.25, 0.3) is 0 Å². The Morgan fingerprint density at radius 2 is 1.72 bits per heavy atom. The fraction of sp³-hybridized carbons (Fsp3) is 0.263. The van der Waals surface area contributed by atoms with E-state index in [1.165, 1.54) is 7.11 Å². The lowest BCUT2D eigenvalue weighted by Gasteiger charge is -2.20. The second-order valence-corrected chi connectivity index (χ2v) is 6.53. The third-order valence-corrected chi connectivity index (χ3v) is 4.34. The Morgan fingerprint density at radius 3 is 2.32 bits per heavy atom. The zero-order chi connectivity index (χ0) is 18.2. The van der Waals surface area contributed by atoms with Gasteiger partial charge in [0.25, 0.3) is 5.91 Å². The van der Waals surface area contributed by atoms with E-state index in [9.17, 15) is 9.59 Å². The first-order valence-electron chi connectivity index (χ1n) is 7.82. The fourth-order valence-corrected chi connectivity index (χ4v) is 2.92. The first kappa shape index (κ1) is 19.3. The Labute approximate surface area is 157 Å². The van der Waals surface area contributed by atoms with Crippen LogP contribution < -0.4 is 5.32 Å². The van der Waals surface area contributed by atoms with Gasteiger partial charge in [-0.2, -0.15) is 0 Å². The van der Waals surface area contributed by atoms with Gasteiger partial charge in [0.15, 0.2) is 0 Å². The Bertz CT molecular complexity index is 704. The van der Waals surface area contributed by atoms with Gasteiger partial charge in [-0.25, -0.2) is 0 Å². The van der Waals surface area contributed by atoms with Crippen LogP contribution in [0.3, 0.4) is 0 Å². The zero-order valence-electron chi connectivity index (χ0n) is 13.7. The highest BCUT2D eigenvalue weighted by atomic mass is 35.5. The average Bonchev–Trinajstić information content (AvgIpc) is 2.62. The average molecular weight is 380 g/mol. The maximum Gasteiger partial charge on any atom is 0.306 e. The summed E-state index contributed by atoms with van der Waals surface area (Å²) in [5.74, 6) is -0.759. The topological polar surface area (TPSA) is 55.4 Å². The molecule has 2 aromatic carbocycles. The lowest BCUT2D eigenvalue weighted by molar-refractivity contribution is -0.141. The molecule has 0 spiro atoms. The zero-order valence-corrected chi connectivity index (χ0v) is 15.3. The van der Waals surface area contributed by atoms with Gasteiger partial charge in [-0.15, -0.1) is 0 Å². The van der Waals surface area contributed by atoms with E-state index in [-0.39, 0.29) is 24.2 Å². The molecule has 25 heavy (non-hydrogen) atoms. The van der Waals surface area contributed by atoms with Crippen LogP contribution in [0.1, 0.15) is 34.7 Å². The SMILES string of the molecule is COC(=O)CC(CC(Cl)NC(=O)c1ccc(Cl)cc1)c1ccccc1. The summed E-state index contributed by atoms with van der Waals surface area (Å²) in [6.45, 7) is 0. The highest BCUT2D eigenvalue weighted by molar-refractivity contribution is 6.30. The monoisotopic (exact) mass is 379 g/mol. The third-order valence-electron chi connectivity index (χ3n) is 3.80. The van der Waals surface area contributed by atoms with Crippen molar-refractivity contribution in [3.8, 4) is 0 Å². The van der Waals surface area contributed by atoms with Gasteiger partial charge in [0, 0.05) is 10.6 Å². The normalized spacial score (nSPS) is 12.9. The molecule has 0 aliphatic heterocycles. The van der Waals surface area contributed by atoms with Crippen LogP contribution in [0.2, 0.25) is 5.02 Å². The highest BCUT2D eigenvalue weighted by Crippen LogP contribution is 2.26. The third kappa shape index (κ3) is 6.07. The molecule has 132 valence electrons. The summed E-state index contributed by atoms with van der Waals surface area (Å²) < 4.78 is 4.76. The maximum absolute atomic E-state index is 12.2. The van der Waals surface area contributed by atoms with Crippen LogP contribution in [0.15, 0.2) is 54.6 Å². The summed E-state index contributed by atoms with van der Waals surface area (Å²) in [6.07, 6.45) is 0.598. The van der Waals surface area contributed by atoms with Crippen molar-refractivity contribution in [2.75, 3.05) is 7.11 Å². The number of nitrogens with one attached hydrogen (secondary N) is 1. The van der Waals surface area contributed by atoms with Crippen molar-refractivity contribution in [3.05, 3.63) is 70.7 Å². The van der Waals surface area contributed by atoms with Crippen LogP contribution in [0.4, 0.5) is 0 Å². The van der Waals surface area contributed by atoms with Crippen molar-refractivity contribution < 1.29 is 14.3 Å². The molecule has 2 rings (SSSR count). The number of rotatable bonds is 7.